The Morgan fingerprint density at radius 1 is 1.17 bits per heavy atom. The number of hydrogen-bond acceptors (Lipinski definition) is 1. The van der Waals surface area contributed by atoms with Gasteiger partial charge in [-0.3, -0.25) is 0 Å². The van der Waals surface area contributed by atoms with Gasteiger partial charge in [-0.2, -0.15) is 0 Å². The van der Waals surface area contributed by atoms with E-state index < -0.39 is 31.2 Å². The summed E-state index contributed by atoms with van der Waals surface area (Å²) in [5.41, 5.74) is 0. The van der Waals surface area contributed by atoms with Gasteiger partial charge in [-0.1, -0.05) is 0 Å². The molecule has 5 heteroatoms. The maximum atomic E-state index is 11.9. The Kier molecular flexibility index (Phi) is 4.36. The van der Waals surface area contributed by atoms with Crippen molar-refractivity contribution in [1.29, 1.82) is 0 Å². The van der Waals surface area contributed by atoms with Crippen LogP contribution in [0.4, 0.5) is 13.2 Å². The molecule has 0 aliphatic carbocycles. The summed E-state index contributed by atoms with van der Waals surface area (Å²) in [5, 5.41) is 0. The van der Waals surface area contributed by atoms with Crippen LogP contribution in [0.3, 0.4) is 0 Å². The monoisotopic (exact) mass is 291 g/mol. The molecule has 0 bridgehead atoms. The Labute approximate surface area is 76.2 Å². The molecule has 0 saturated carbocycles. The zero-order valence-corrected chi connectivity index (χ0v) is 10.8. The molecule has 0 aliphatic heterocycles. The average Bonchev–Trinajstić information content (AvgIpc) is 1.82. The molecule has 0 unspecified atom stereocenters. The Hall–Kier alpha value is 0.549. The van der Waals surface area contributed by atoms with E-state index >= 15 is 0 Å². The first-order valence-electron chi connectivity index (χ1n) is 3.89. The van der Waals surface area contributed by atoms with Crippen LogP contribution < -0.4 is 0 Å². The van der Waals surface area contributed by atoms with Crippen LogP contribution in [0.1, 0.15) is 6.42 Å². The summed E-state index contributed by atoms with van der Waals surface area (Å²) in [4.78, 5) is 4.03. The van der Waals surface area contributed by atoms with Crippen molar-refractivity contribution >= 4 is 18.7 Å². The van der Waals surface area contributed by atoms with Gasteiger partial charge in [0, 0.05) is 0 Å². The molecular weight excluding hydrogens is 274 g/mol. The van der Waals surface area contributed by atoms with E-state index in [-0.39, 0.29) is 0 Å². The van der Waals surface area contributed by atoms with Gasteiger partial charge in [0.25, 0.3) is 0 Å². The topological polar surface area (TPSA) is 3.24 Å². The predicted molar refractivity (Wildman–Crippen MR) is 46.6 cm³/mol. The first kappa shape index (κ1) is 12.5. The van der Waals surface area contributed by atoms with Gasteiger partial charge in [-0.05, 0) is 0 Å². The zero-order valence-electron chi connectivity index (χ0n) is 8.00. The fourth-order valence-electron chi connectivity index (χ4n) is 0.671. The van der Waals surface area contributed by atoms with Crippen LogP contribution in [-0.2, 0) is 0 Å². The molecule has 0 aliphatic rings. The summed E-state index contributed by atoms with van der Waals surface area (Å²) in [7, 11) is 3.76. The van der Waals surface area contributed by atoms with Crippen molar-refractivity contribution in [3.8, 4) is 0 Å². The SMILES string of the molecule is C[N](C)[Sn]([CH3])([CH3])[CH2]CC(F)(F)F. The number of hydrogen-bond donors (Lipinski definition) is 0. The Bertz CT molecular complexity index is 142. The Morgan fingerprint density at radius 3 is 1.83 bits per heavy atom. The Morgan fingerprint density at radius 2 is 1.58 bits per heavy atom. The average molecular weight is 290 g/mol. The van der Waals surface area contributed by atoms with Crippen molar-refractivity contribution in [2.24, 2.45) is 0 Å². The van der Waals surface area contributed by atoms with E-state index in [1.54, 1.807) is 0 Å². The van der Waals surface area contributed by atoms with Gasteiger partial charge in [0.2, 0.25) is 0 Å². The molecule has 0 aromatic heterocycles. The van der Waals surface area contributed by atoms with Gasteiger partial charge in [0.15, 0.2) is 0 Å². The van der Waals surface area contributed by atoms with Gasteiger partial charge in [0.1, 0.15) is 0 Å². The number of nitrogens with zero attached hydrogens (tertiary/aromatic N) is 1. The Balaban J connectivity index is 3.93. The first-order chi connectivity index (χ1) is 5.15. The summed E-state index contributed by atoms with van der Waals surface area (Å²) in [6.07, 6.45) is -4.60. The van der Waals surface area contributed by atoms with Crippen LogP contribution in [0, 0.1) is 0 Å². The van der Waals surface area contributed by atoms with Gasteiger partial charge < -0.3 is 0 Å². The van der Waals surface area contributed by atoms with Crippen molar-refractivity contribution in [3.05, 3.63) is 0 Å². The van der Waals surface area contributed by atoms with Gasteiger partial charge in [-0.15, -0.1) is 0 Å². The molecule has 12 heavy (non-hydrogen) atoms. The molecule has 0 atom stereocenters. The van der Waals surface area contributed by atoms with Gasteiger partial charge >= 0.3 is 76.0 Å². The summed E-state index contributed by atoms with van der Waals surface area (Å²) in [5.74, 6) is 0. The van der Waals surface area contributed by atoms with E-state index in [1.165, 1.54) is 0 Å². The molecule has 0 N–H and O–H groups in total. The standard InChI is InChI=1S/C3H4F3.C2H6N.2CH3.Sn/c1-2-3(4,5)6;1-3-2;;;/h1-2H2;1-2H3;2*1H3;/q;-1;;;+1. The van der Waals surface area contributed by atoms with E-state index in [1.807, 2.05) is 27.1 Å². The second-order valence-electron chi connectivity index (χ2n) is 3.82. The quantitative estimate of drug-likeness (QED) is 0.722. The van der Waals surface area contributed by atoms with Crippen molar-refractivity contribution in [2.45, 2.75) is 26.9 Å². The van der Waals surface area contributed by atoms with Crippen LogP contribution in [0.2, 0.25) is 14.3 Å². The van der Waals surface area contributed by atoms with E-state index in [9.17, 15) is 13.2 Å². The molecule has 0 aromatic carbocycles. The molecule has 74 valence electrons. The van der Waals surface area contributed by atoms with Crippen LogP contribution in [-0.4, -0.2) is 42.0 Å². The van der Waals surface area contributed by atoms with Crippen LogP contribution in [0.15, 0.2) is 0 Å². The molecule has 0 heterocycles. The molecule has 0 radical (unpaired) electrons. The summed E-state index contributed by atoms with van der Waals surface area (Å²) in [6, 6.07) is 0. The van der Waals surface area contributed by atoms with Gasteiger partial charge in [-0.25, -0.2) is 0 Å². The molecule has 0 saturated heterocycles. The molecule has 0 fully saturated rings. The summed E-state index contributed by atoms with van der Waals surface area (Å²) < 4.78 is 38.0. The maximum absolute atomic E-state index is 11.9. The van der Waals surface area contributed by atoms with Gasteiger partial charge in [0.05, 0.1) is 0 Å². The van der Waals surface area contributed by atoms with Crippen molar-refractivity contribution in [2.75, 3.05) is 14.1 Å². The van der Waals surface area contributed by atoms with Crippen LogP contribution >= 0.6 is 0 Å². The number of alkyl halides is 3. The van der Waals surface area contributed by atoms with Crippen LogP contribution in [0.5, 0.6) is 0 Å². The van der Waals surface area contributed by atoms with Crippen LogP contribution in [0.25, 0.3) is 0 Å². The fraction of sp³-hybridized carbons (Fsp3) is 1.00. The van der Waals surface area contributed by atoms with E-state index in [0.29, 0.717) is 4.44 Å². The molecule has 1 nitrogen and oxygen atoms in total. The third-order valence-electron chi connectivity index (χ3n) is 2.23. The molecule has 0 rings (SSSR count). The third-order valence-corrected chi connectivity index (χ3v) is 13.3. The predicted octanol–water partition coefficient (Wildman–Crippen LogP) is 2.71. The summed E-state index contributed by atoms with van der Waals surface area (Å²) >= 11 is -2.49. The minimum absolute atomic E-state index is 0.352. The molecule has 0 amide bonds. The number of rotatable bonds is 3. The van der Waals surface area contributed by atoms with Crippen molar-refractivity contribution in [3.63, 3.8) is 0 Å². The van der Waals surface area contributed by atoms with E-state index in [0.717, 1.165) is 0 Å². The second-order valence-corrected chi connectivity index (χ2v) is 18.1. The molecule has 0 spiro atoms. The van der Waals surface area contributed by atoms with E-state index in [2.05, 4.69) is 0 Å². The minimum atomic E-state index is -3.98. The third kappa shape index (κ3) is 5.24. The second kappa shape index (κ2) is 4.17. The first-order valence-corrected chi connectivity index (χ1v) is 12.9. The van der Waals surface area contributed by atoms with Crippen molar-refractivity contribution < 1.29 is 13.2 Å². The molecular formula is C7H16F3NSn. The fourth-order valence-corrected chi connectivity index (χ4v) is 4.50. The van der Waals surface area contributed by atoms with E-state index in [4.69, 9.17) is 0 Å². The number of halogens is 3. The van der Waals surface area contributed by atoms with Crippen molar-refractivity contribution in [1.82, 2.24) is 3.12 Å². The zero-order chi connectivity index (χ0) is 9.99. The summed E-state index contributed by atoms with van der Waals surface area (Å²) in [6.45, 7) is 0. The molecule has 0 aromatic rings. The normalized spacial score (nSPS) is 14.0.